The van der Waals surface area contributed by atoms with Crippen LogP contribution in [0, 0.1) is 12.7 Å². The summed E-state index contributed by atoms with van der Waals surface area (Å²) < 4.78 is 40.3. The molecule has 1 heterocycles. The summed E-state index contributed by atoms with van der Waals surface area (Å²) in [5, 5.41) is 7.38. The second-order valence-electron chi connectivity index (χ2n) is 4.63. The lowest BCUT2D eigenvalue weighted by Crippen LogP contribution is -2.14. The number of aryl methyl sites for hydroxylation is 1. The highest BCUT2D eigenvalue weighted by Gasteiger charge is 2.19. The summed E-state index contributed by atoms with van der Waals surface area (Å²) in [6, 6.07) is 10.7. The number of nitrogens with one attached hydrogen (secondary N) is 2. The number of hydrogen-bond acceptors (Lipinski definition) is 3. The molecular formula is C14H12FN3O2S. The van der Waals surface area contributed by atoms with E-state index in [-0.39, 0.29) is 10.7 Å². The molecule has 2 N–H and O–H groups in total. The van der Waals surface area contributed by atoms with Gasteiger partial charge in [0.15, 0.2) is 5.82 Å². The molecule has 7 heteroatoms. The van der Waals surface area contributed by atoms with Crippen molar-refractivity contribution in [1.29, 1.82) is 0 Å². The van der Waals surface area contributed by atoms with E-state index in [1.807, 2.05) is 6.07 Å². The molecule has 3 aromatic rings. The minimum Gasteiger partial charge on any atom is -0.276 e. The highest BCUT2D eigenvalue weighted by Crippen LogP contribution is 2.24. The third-order valence-corrected chi connectivity index (χ3v) is 4.63. The zero-order valence-electron chi connectivity index (χ0n) is 11.1. The van der Waals surface area contributed by atoms with Crippen LogP contribution in [0.4, 0.5) is 10.2 Å². The van der Waals surface area contributed by atoms with E-state index in [2.05, 4.69) is 14.9 Å². The second kappa shape index (κ2) is 4.85. The van der Waals surface area contributed by atoms with Gasteiger partial charge >= 0.3 is 0 Å². The van der Waals surface area contributed by atoms with Crippen LogP contribution in [-0.2, 0) is 10.0 Å². The number of aromatic nitrogens is 2. The molecule has 2 aromatic carbocycles. The zero-order valence-corrected chi connectivity index (χ0v) is 11.9. The number of benzene rings is 2. The maximum Gasteiger partial charge on any atom is 0.263 e. The summed E-state index contributed by atoms with van der Waals surface area (Å²) in [4.78, 5) is 0.0241. The van der Waals surface area contributed by atoms with E-state index in [0.717, 1.165) is 11.6 Å². The van der Waals surface area contributed by atoms with Gasteiger partial charge in [-0.2, -0.15) is 5.10 Å². The van der Waals surface area contributed by atoms with Crippen molar-refractivity contribution in [2.75, 3.05) is 4.72 Å². The third-order valence-electron chi connectivity index (χ3n) is 3.13. The number of halogens is 1. The predicted octanol–water partition coefficient (Wildman–Crippen LogP) is 2.81. The Kier molecular flexibility index (Phi) is 3.13. The molecule has 0 radical (unpaired) electrons. The molecule has 0 saturated heterocycles. The van der Waals surface area contributed by atoms with Gasteiger partial charge in [0.2, 0.25) is 0 Å². The van der Waals surface area contributed by atoms with Crippen LogP contribution < -0.4 is 4.72 Å². The van der Waals surface area contributed by atoms with E-state index in [1.54, 1.807) is 25.1 Å². The number of aromatic amines is 1. The highest BCUT2D eigenvalue weighted by molar-refractivity contribution is 7.92. The maximum absolute atomic E-state index is 13.1. The summed E-state index contributed by atoms with van der Waals surface area (Å²) >= 11 is 0. The molecule has 0 spiro atoms. The predicted molar refractivity (Wildman–Crippen MR) is 78.0 cm³/mol. The van der Waals surface area contributed by atoms with Gasteiger partial charge < -0.3 is 0 Å². The van der Waals surface area contributed by atoms with Gasteiger partial charge in [-0.3, -0.25) is 9.82 Å². The zero-order chi connectivity index (χ0) is 15.0. The first-order valence-electron chi connectivity index (χ1n) is 6.19. The Balaban J connectivity index is 2.03. The summed E-state index contributed by atoms with van der Waals surface area (Å²) in [7, 11) is -3.82. The molecule has 21 heavy (non-hydrogen) atoms. The fourth-order valence-electron chi connectivity index (χ4n) is 2.14. The van der Waals surface area contributed by atoms with Crippen LogP contribution in [0.1, 0.15) is 5.56 Å². The first kappa shape index (κ1) is 13.6. The minimum atomic E-state index is -3.82. The lowest BCUT2D eigenvalue weighted by Gasteiger charge is -2.08. The molecule has 0 bridgehead atoms. The molecule has 0 aliphatic rings. The Hall–Kier alpha value is -2.41. The fraction of sp³-hybridized carbons (Fsp3) is 0.0714. The molecule has 0 saturated carbocycles. The van der Waals surface area contributed by atoms with Crippen molar-refractivity contribution in [3.05, 3.63) is 53.8 Å². The second-order valence-corrected chi connectivity index (χ2v) is 6.28. The van der Waals surface area contributed by atoms with Crippen molar-refractivity contribution in [2.24, 2.45) is 0 Å². The van der Waals surface area contributed by atoms with Gasteiger partial charge in [-0.1, -0.05) is 12.1 Å². The normalized spacial score (nSPS) is 11.7. The standard InChI is InChI=1S/C14H12FN3O2S/c1-9-8-10(15)6-7-13(9)21(19,20)18-14-11-4-2-3-5-12(11)16-17-14/h2-8H,1H3,(H2,16,17,18). The number of fused-ring (bicyclic) bond motifs is 1. The number of para-hydroxylation sites is 1. The molecular weight excluding hydrogens is 293 g/mol. The van der Waals surface area contributed by atoms with Gasteiger partial charge in [-0.25, -0.2) is 12.8 Å². The van der Waals surface area contributed by atoms with Gasteiger partial charge in [0.05, 0.1) is 10.4 Å². The van der Waals surface area contributed by atoms with E-state index < -0.39 is 15.8 Å². The van der Waals surface area contributed by atoms with E-state index in [0.29, 0.717) is 10.9 Å². The largest absolute Gasteiger partial charge is 0.276 e. The first-order valence-corrected chi connectivity index (χ1v) is 7.68. The average Bonchev–Trinajstić information content (AvgIpc) is 2.81. The molecule has 0 fully saturated rings. The SMILES string of the molecule is Cc1cc(F)ccc1S(=O)(=O)Nc1n[nH]c2ccccc12. The molecule has 5 nitrogen and oxygen atoms in total. The Morgan fingerprint density at radius 3 is 2.71 bits per heavy atom. The van der Waals surface area contributed by atoms with E-state index in [1.165, 1.54) is 12.1 Å². The van der Waals surface area contributed by atoms with Crippen LogP contribution in [-0.4, -0.2) is 18.6 Å². The maximum atomic E-state index is 13.1. The Bertz CT molecular complexity index is 919. The number of sulfonamides is 1. The Labute approximate surface area is 120 Å². The van der Waals surface area contributed by atoms with E-state index in [4.69, 9.17) is 0 Å². The van der Waals surface area contributed by atoms with E-state index in [9.17, 15) is 12.8 Å². The highest BCUT2D eigenvalue weighted by atomic mass is 32.2. The first-order chi connectivity index (χ1) is 9.97. The van der Waals surface area contributed by atoms with Crippen molar-refractivity contribution in [1.82, 2.24) is 10.2 Å². The Morgan fingerprint density at radius 1 is 1.19 bits per heavy atom. The number of hydrogen-bond donors (Lipinski definition) is 2. The van der Waals surface area contributed by atoms with Crippen LogP contribution in [0.25, 0.3) is 10.9 Å². The molecule has 0 amide bonds. The smallest absolute Gasteiger partial charge is 0.263 e. The lowest BCUT2D eigenvalue weighted by atomic mass is 10.2. The van der Waals surface area contributed by atoms with Crippen LogP contribution in [0.3, 0.4) is 0 Å². The van der Waals surface area contributed by atoms with Crippen molar-refractivity contribution >= 4 is 26.7 Å². The van der Waals surface area contributed by atoms with Gasteiger partial charge in [-0.05, 0) is 42.8 Å². The van der Waals surface area contributed by atoms with E-state index >= 15 is 0 Å². The monoisotopic (exact) mass is 305 g/mol. The molecule has 0 unspecified atom stereocenters. The minimum absolute atomic E-state index is 0.0241. The van der Waals surface area contributed by atoms with Crippen LogP contribution >= 0.6 is 0 Å². The van der Waals surface area contributed by atoms with Crippen LogP contribution in [0.2, 0.25) is 0 Å². The van der Waals surface area contributed by atoms with Crippen LogP contribution in [0.15, 0.2) is 47.4 Å². The molecule has 3 rings (SSSR count). The molecule has 108 valence electrons. The van der Waals surface area contributed by atoms with Crippen molar-refractivity contribution in [3.8, 4) is 0 Å². The number of anilines is 1. The summed E-state index contributed by atoms with van der Waals surface area (Å²) in [5.74, 6) is -0.258. The quantitative estimate of drug-likeness (QED) is 0.781. The van der Waals surface area contributed by atoms with Crippen molar-refractivity contribution < 1.29 is 12.8 Å². The van der Waals surface area contributed by atoms with Gasteiger partial charge in [0.25, 0.3) is 10.0 Å². The molecule has 0 aliphatic carbocycles. The third kappa shape index (κ3) is 2.47. The fourth-order valence-corrected chi connectivity index (χ4v) is 3.39. The van der Waals surface area contributed by atoms with Gasteiger partial charge in [0.1, 0.15) is 5.82 Å². The average molecular weight is 305 g/mol. The summed E-state index contributed by atoms with van der Waals surface area (Å²) in [6.07, 6.45) is 0. The van der Waals surface area contributed by atoms with Gasteiger partial charge in [0, 0.05) is 5.39 Å². The Morgan fingerprint density at radius 2 is 1.95 bits per heavy atom. The number of nitrogens with zero attached hydrogens (tertiary/aromatic N) is 1. The van der Waals surface area contributed by atoms with Crippen molar-refractivity contribution in [2.45, 2.75) is 11.8 Å². The summed E-state index contributed by atoms with van der Waals surface area (Å²) in [5.41, 5.74) is 1.06. The molecule has 1 aromatic heterocycles. The lowest BCUT2D eigenvalue weighted by molar-refractivity contribution is 0.598. The number of H-pyrrole nitrogens is 1. The number of rotatable bonds is 3. The van der Waals surface area contributed by atoms with Gasteiger partial charge in [-0.15, -0.1) is 0 Å². The summed E-state index contributed by atoms with van der Waals surface area (Å²) in [6.45, 7) is 1.54. The van der Waals surface area contributed by atoms with Crippen molar-refractivity contribution in [3.63, 3.8) is 0 Å². The van der Waals surface area contributed by atoms with Crippen LogP contribution in [0.5, 0.6) is 0 Å². The topological polar surface area (TPSA) is 74.8 Å². The molecule has 0 aliphatic heterocycles. The molecule has 0 atom stereocenters.